The zero-order chi connectivity index (χ0) is 11.7. The lowest BCUT2D eigenvalue weighted by Crippen LogP contribution is -2.25. The quantitative estimate of drug-likeness (QED) is 0.923. The Morgan fingerprint density at radius 2 is 2.29 bits per heavy atom. The van der Waals surface area contributed by atoms with Crippen molar-refractivity contribution in [2.75, 3.05) is 6.54 Å². The van der Waals surface area contributed by atoms with Gasteiger partial charge in [0.15, 0.2) is 10.0 Å². The van der Waals surface area contributed by atoms with Crippen molar-refractivity contribution in [3.63, 3.8) is 0 Å². The number of nitrogens with one attached hydrogen (secondary N) is 1. The first-order valence-corrected chi connectivity index (χ1v) is 7.22. The molecule has 1 N–H and O–H groups in total. The molecule has 0 unspecified atom stereocenters. The lowest BCUT2D eigenvalue weighted by atomic mass is 10.4. The number of rotatable bonds is 4. The van der Waals surface area contributed by atoms with Crippen LogP contribution in [-0.4, -0.2) is 22.4 Å². The molecule has 17 heavy (non-hydrogen) atoms. The van der Waals surface area contributed by atoms with Crippen LogP contribution in [0.3, 0.4) is 0 Å². The number of thiazole rings is 2. The third kappa shape index (κ3) is 2.53. The van der Waals surface area contributed by atoms with Crippen molar-refractivity contribution < 1.29 is 4.79 Å². The van der Waals surface area contributed by atoms with E-state index >= 15 is 0 Å². The van der Waals surface area contributed by atoms with Gasteiger partial charge in [0.1, 0.15) is 5.69 Å². The molecule has 0 aromatic carbocycles. The van der Waals surface area contributed by atoms with E-state index in [0.717, 1.165) is 16.6 Å². The summed E-state index contributed by atoms with van der Waals surface area (Å²) in [6, 6.07) is 0. The molecular weight excluding hydrogens is 254 g/mol. The molecule has 88 valence electrons. The third-order valence-corrected chi connectivity index (χ3v) is 4.36. The second kappa shape index (κ2) is 4.54. The molecule has 2 aromatic heterocycles. The Kier molecular flexibility index (Phi) is 2.90. The Morgan fingerprint density at radius 1 is 1.41 bits per heavy atom. The molecule has 4 nitrogen and oxygen atoms in total. The monoisotopic (exact) mass is 265 g/mol. The van der Waals surface area contributed by atoms with Gasteiger partial charge in [-0.3, -0.25) is 4.79 Å². The smallest absolute Gasteiger partial charge is 0.270 e. The van der Waals surface area contributed by atoms with E-state index in [0.29, 0.717) is 11.6 Å². The van der Waals surface area contributed by atoms with Gasteiger partial charge in [-0.15, -0.1) is 22.7 Å². The minimum atomic E-state index is -0.0732. The minimum absolute atomic E-state index is 0.0732. The highest BCUT2D eigenvalue weighted by molar-refractivity contribution is 7.19. The fourth-order valence-electron chi connectivity index (χ4n) is 1.45. The summed E-state index contributed by atoms with van der Waals surface area (Å²) in [5.41, 5.74) is 0.501. The molecule has 0 saturated heterocycles. The number of carbonyl (C=O) groups is 1. The summed E-state index contributed by atoms with van der Waals surface area (Å²) >= 11 is 3.00. The first kappa shape index (κ1) is 10.9. The van der Waals surface area contributed by atoms with Gasteiger partial charge in [0, 0.05) is 23.5 Å². The summed E-state index contributed by atoms with van der Waals surface area (Å²) in [4.78, 5) is 20.3. The van der Waals surface area contributed by atoms with Crippen LogP contribution in [0.4, 0.5) is 0 Å². The van der Waals surface area contributed by atoms with E-state index in [1.165, 1.54) is 35.5 Å². The number of aromatic nitrogens is 2. The predicted molar refractivity (Wildman–Crippen MR) is 68.3 cm³/mol. The van der Waals surface area contributed by atoms with Gasteiger partial charge in [-0.1, -0.05) is 0 Å². The summed E-state index contributed by atoms with van der Waals surface area (Å²) in [7, 11) is 0. The van der Waals surface area contributed by atoms with E-state index in [1.807, 2.05) is 5.38 Å². The molecule has 3 rings (SSSR count). The van der Waals surface area contributed by atoms with Crippen LogP contribution in [0, 0.1) is 5.92 Å². The molecular formula is C11H11N3OS2. The predicted octanol–water partition coefficient (Wildman–Crippen LogP) is 2.41. The second-order valence-corrected chi connectivity index (χ2v) is 5.78. The van der Waals surface area contributed by atoms with Crippen LogP contribution in [0.1, 0.15) is 23.3 Å². The highest BCUT2D eigenvalue weighted by Crippen LogP contribution is 2.28. The molecule has 0 bridgehead atoms. The Bertz CT molecular complexity index is 517. The van der Waals surface area contributed by atoms with Crippen LogP contribution in [0.25, 0.3) is 10.0 Å². The van der Waals surface area contributed by atoms with Gasteiger partial charge in [-0.25, -0.2) is 9.97 Å². The summed E-state index contributed by atoms with van der Waals surface area (Å²) in [5.74, 6) is 0.618. The number of nitrogens with zero attached hydrogens (tertiary/aromatic N) is 2. The van der Waals surface area contributed by atoms with Gasteiger partial charge in [-0.2, -0.15) is 0 Å². The Morgan fingerprint density at radius 3 is 3.00 bits per heavy atom. The molecule has 0 radical (unpaired) electrons. The largest absolute Gasteiger partial charge is 0.350 e. The average Bonchev–Trinajstić information content (AvgIpc) is 2.85. The molecule has 0 atom stereocenters. The standard InChI is InChI=1S/C11H11N3OS2/c15-9(13-5-7-1-2-7)8-6-17-11(14-8)10-12-3-4-16-10/h3-4,6-7H,1-2,5H2,(H,13,15). The highest BCUT2D eigenvalue weighted by Gasteiger charge is 2.22. The molecule has 1 aliphatic carbocycles. The van der Waals surface area contributed by atoms with Crippen molar-refractivity contribution >= 4 is 28.6 Å². The first-order valence-electron chi connectivity index (χ1n) is 5.46. The number of hydrogen-bond acceptors (Lipinski definition) is 5. The summed E-state index contributed by atoms with van der Waals surface area (Å²) in [5, 5.41) is 8.29. The summed E-state index contributed by atoms with van der Waals surface area (Å²) < 4.78 is 0. The maximum Gasteiger partial charge on any atom is 0.270 e. The van der Waals surface area contributed by atoms with Crippen LogP contribution >= 0.6 is 22.7 Å². The Labute approximate surface area is 107 Å². The molecule has 1 fully saturated rings. The molecule has 0 spiro atoms. The van der Waals surface area contributed by atoms with Crippen molar-refractivity contribution in [2.45, 2.75) is 12.8 Å². The lowest BCUT2D eigenvalue weighted by molar-refractivity contribution is 0.0947. The van der Waals surface area contributed by atoms with E-state index in [4.69, 9.17) is 0 Å². The maximum atomic E-state index is 11.8. The zero-order valence-corrected chi connectivity index (χ0v) is 10.7. The molecule has 1 aliphatic rings. The normalized spacial score (nSPS) is 14.8. The zero-order valence-electron chi connectivity index (χ0n) is 9.05. The van der Waals surface area contributed by atoms with Crippen LogP contribution in [0.2, 0.25) is 0 Å². The third-order valence-electron chi connectivity index (χ3n) is 2.60. The van der Waals surface area contributed by atoms with Crippen LogP contribution in [0.15, 0.2) is 17.0 Å². The molecule has 6 heteroatoms. The van der Waals surface area contributed by atoms with Crippen molar-refractivity contribution in [1.82, 2.24) is 15.3 Å². The van der Waals surface area contributed by atoms with E-state index in [1.54, 1.807) is 11.6 Å². The summed E-state index contributed by atoms with van der Waals surface area (Å²) in [6.07, 6.45) is 4.22. The topological polar surface area (TPSA) is 54.9 Å². The van der Waals surface area contributed by atoms with Crippen LogP contribution in [0.5, 0.6) is 0 Å². The highest BCUT2D eigenvalue weighted by atomic mass is 32.1. The van der Waals surface area contributed by atoms with E-state index in [-0.39, 0.29) is 5.91 Å². The Hall–Kier alpha value is -1.27. The van der Waals surface area contributed by atoms with Gasteiger partial charge in [0.25, 0.3) is 5.91 Å². The van der Waals surface area contributed by atoms with Crippen molar-refractivity contribution in [1.29, 1.82) is 0 Å². The fourth-order valence-corrected chi connectivity index (χ4v) is 2.95. The lowest BCUT2D eigenvalue weighted by Gasteiger charge is -1.99. The van der Waals surface area contributed by atoms with Gasteiger partial charge in [0.05, 0.1) is 0 Å². The maximum absolute atomic E-state index is 11.8. The van der Waals surface area contributed by atoms with Crippen molar-refractivity contribution in [2.24, 2.45) is 5.92 Å². The molecule has 1 amide bonds. The summed E-state index contributed by atoms with van der Waals surface area (Å²) in [6.45, 7) is 0.781. The van der Waals surface area contributed by atoms with Crippen molar-refractivity contribution in [3.8, 4) is 10.0 Å². The Balaban J connectivity index is 1.68. The number of hydrogen-bond donors (Lipinski definition) is 1. The van der Waals surface area contributed by atoms with Crippen molar-refractivity contribution in [3.05, 3.63) is 22.7 Å². The van der Waals surface area contributed by atoms with Crippen LogP contribution in [-0.2, 0) is 0 Å². The van der Waals surface area contributed by atoms with Gasteiger partial charge >= 0.3 is 0 Å². The van der Waals surface area contributed by atoms with E-state index in [9.17, 15) is 4.79 Å². The SMILES string of the molecule is O=C(NCC1CC1)c1csc(-c2nccs2)n1. The van der Waals surface area contributed by atoms with E-state index < -0.39 is 0 Å². The minimum Gasteiger partial charge on any atom is -0.350 e. The molecule has 2 heterocycles. The van der Waals surface area contributed by atoms with Gasteiger partial charge in [0.2, 0.25) is 0 Å². The molecule has 2 aromatic rings. The molecule has 0 aliphatic heterocycles. The van der Waals surface area contributed by atoms with E-state index in [2.05, 4.69) is 15.3 Å². The first-order chi connectivity index (χ1) is 8.33. The second-order valence-electron chi connectivity index (χ2n) is 4.03. The van der Waals surface area contributed by atoms with Gasteiger partial charge < -0.3 is 5.32 Å². The number of amides is 1. The molecule has 1 saturated carbocycles. The fraction of sp³-hybridized carbons (Fsp3) is 0.364. The number of carbonyl (C=O) groups excluding carboxylic acids is 1. The van der Waals surface area contributed by atoms with Crippen LogP contribution < -0.4 is 5.32 Å². The van der Waals surface area contributed by atoms with Gasteiger partial charge in [-0.05, 0) is 18.8 Å². The average molecular weight is 265 g/mol.